The Hall–Kier alpha value is -4.10. The highest BCUT2D eigenvalue weighted by molar-refractivity contribution is 5.77. The van der Waals surface area contributed by atoms with Crippen molar-refractivity contribution in [2.45, 2.75) is 60.7 Å². The van der Waals surface area contributed by atoms with Crippen LogP contribution in [-0.2, 0) is 13.1 Å². The van der Waals surface area contributed by atoms with Gasteiger partial charge in [0.25, 0.3) is 0 Å². The molecular weight excluding hydrogens is 480 g/mol. The van der Waals surface area contributed by atoms with Crippen molar-refractivity contribution in [3.05, 3.63) is 84.6 Å². The number of hydrogen-bond acceptors (Lipinski definition) is 4. The molecule has 2 heterocycles. The molecule has 6 nitrogen and oxygen atoms in total. The lowest BCUT2D eigenvalue weighted by Crippen LogP contribution is -2.24. The van der Waals surface area contributed by atoms with Gasteiger partial charge in [-0.1, -0.05) is 52.2 Å². The third-order valence-electron chi connectivity index (χ3n) is 5.78. The van der Waals surface area contributed by atoms with Crippen molar-refractivity contribution in [1.82, 2.24) is 30.6 Å². The van der Waals surface area contributed by atoms with Gasteiger partial charge in [0.15, 0.2) is 0 Å². The van der Waals surface area contributed by atoms with Crippen molar-refractivity contribution in [3.8, 4) is 35.9 Å². The molecule has 0 radical (unpaired) electrons. The highest BCUT2D eigenvalue weighted by Gasteiger charge is 2.06. The maximum atomic E-state index is 4.66. The van der Waals surface area contributed by atoms with E-state index in [0.717, 1.165) is 71.1 Å². The molecule has 0 amide bonds. The first-order valence-electron chi connectivity index (χ1n) is 12.9. The monoisotopic (exact) mass is 524 g/mol. The Labute approximate surface area is 235 Å². The Bertz CT molecular complexity index is 1330. The summed E-state index contributed by atoms with van der Waals surface area (Å²) in [4.78, 5) is 15.9. The number of nitrogens with one attached hydrogen (secondary N) is 4. The van der Waals surface area contributed by atoms with Crippen molar-refractivity contribution >= 4 is 11.0 Å². The van der Waals surface area contributed by atoms with Gasteiger partial charge < -0.3 is 20.6 Å². The summed E-state index contributed by atoms with van der Waals surface area (Å²) >= 11 is 0. The van der Waals surface area contributed by atoms with Crippen LogP contribution in [0.5, 0.6) is 0 Å². The standard InChI is InChI=1S/C28H34N6.C2H4.C2H2.CH4/c1-5-20(4)30-18-28-32-24-13-10-22(14-25(24)33-28)7-6-21-8-11-23(12-9-21)26-16-31-27(34-26)17-29-15-19(2)3;2*1-2;/h8-14,16,19-20,29-30H,5,15,17-18H2,1-4H3,(H,31,34)(H,32,33);1-2H2;1-2H;1H4. The second kappa shape index (κ2) is 17.4. The van der Waals surface area contributed by atoms with Crippen molar-refractivity contribution < 1.29 is 0 Å². The minimum atomic E-state index is 0. The van der Waals surface area contributed by atoms with Gasteiger partial charge in [-0.3, -0.25) is 0 Å². The number of aromatic amines is 2. The van der Waals surface area contributed by atoms with E-state index >= 15 is 0 Å². The van der Waals surface area contributed by atoms with Crippen LogP contribution in [0.1, 0.15) is 64.3 Å². The van der Waals surface area contributed by atoms with Gasteiger partial charge in [-0.15, -0.1) is 26.0 Å². The number of H-pyrrole nitrogens is 2. The highest BCUT2D eigenvalue weighted by atomic mass is 15.0. The molecule has 4 rings (SSSR count). The Balaban J connectivity index is 0.00000145. The molecule has 206 valence electrons. The molecule has 4 aromatic rings. The van der Waals surface area contributed by atoms with E-state index in [9.17, 15) is 0 Å². The summed E-state index contributed by atoms with van der Waals surface area (Å²) in [6.45, 7) is 17.2. The van der Waals surface area contributed by atoms with Crippen LogP contribution in [-0.4, -0.2) is 32.5 Å². The third-order valence-corrected chi connectivity index (χ3v) is 5.78. The molecule has 0 aliphatic rings. The first-order valence-corrected chi connectivity index (χ1v) is 12.9. The third kappa shape index (κ3) is 10.3. The molecule has 6 heteroatoms. The van der Waals surface area contributed by atoms with Gasteiger partial charge in [-0.05, 0) is 61.7 Å². The van der Waals surface area contributed by atoms with E-state index < -0.39 is 0 Å². The summed E-state index contributed by atoms with van der Waals surface area (Å²) < 4.78 is 0. The predicted octanol–water partition coefficient (Wildman–Crippen LogP) is 6.67. The molecule has 0 spiro atoms. The Morgan fingerprint density at radius 1 is 0.923 bits per heavy atom. The van der Waals surface area contributed by atoms with Crippen molar-refractivity contribution in [1.29, 1.82) is 0 Å². The summed E-state index contributed by atoms with van der Waals surface area (Å²) in [5.41, 5.74) is 6.05. The maximum absolute atomic E-state index is 4.66. The summed E-state index contributed by atoms with van der Waals surface area (Å²) in [5, 5.41) is 6.88. The first-order chi connectivity index (χ1) is 18.5. The first kappa shape index (κ1) is 32.9. The van der Waals surface area contributed by atoms with E-state index in [4.69, 9.17) is 0 Å². The topological polar surface area (TPSA) is 81.4 Å². The molecular formula is C33H44N6. The van der Waals surface area contributed by atoms with Gasteiger partial charge in [0.2, 0.25) is 0 Å². The van der Waals surface area contributed by atoms with Crippen LogP contribution in [0.2, 0.25) is 0 Å². The van der Waals surface area contributed by atoms with Crippen molar-refractivity contribution in [2.75, 3.05) is 6.54 Å². The van der Waals surface area contributed by atoms with Gasteiger partial charge in [0.05, 0.1) is 36.0 Å². The average molecular weight is 525 g/mol. The van der Waals surface area contributed by atoms with Crippen LogP contribution in [0.15, 0.2) is 61.8 Å². The van der Waals surface area contributed by atoms with E-state index in [2.05, 4.69) is 114 Å². The molecule has 1 unspecified atom stereocenters. The zero-order valence-corrected chi connectivity index (χ0v) is 23.1. The maximum Gasteiger partial charge on any atom is 0.121 e. The number of fused-ring (bicyclic) bond motifs is 1. The number of aromatic nitrogens is 4. The average Bonchev–Trinajstić information content (AvgIpc) is 3.59. The second-order valence-electron chi connectivity index (χ2n) is 9.20. The van der Waals surface area contributed by atoms with E-state index in [1.807, 2.05) is 30.5 Å². The summed E-state index contributed by atoms with van der Waals surface area (Å²) in [6.07, 6.45) is 11.0. The van der Waals surface area contributed by atoms with Gasteiger partial charge in [-0.25, -0.2) is 9.97 Å². The Morgan fingerprint density at radius 2 is 1.59 bits per heavy atom. The molecule has 0 saturated heterocycles. The number of benzene rings is 2. The lowest BCUT2D eigenvalue weighted by Gasteiger charge is -2.08. The minimum absolute atomic E-state index is 0. The van der Waals surface area contributed by atoms with Crippen molar-refractivity contribution in [2.24, 2.45) is 5.92 Å². The van der Waals surface area contributed by atoms with E-state index in [1.54, 1.807) is 0 Å². The molecule has 2 aromatic carbocycles. The van der Waals surface area contributed by atoms with Crippen LogP contribution in [0.3, 0.4) is 0 Å². The molecule has 0 aliphatic carbocycles. The van der Waals surface area contributed by atoms with Crippen molar-refractivity contribution in [3.63, 3.8) is 0 Å². The van der Waals surface area contributed by atoms with Crippen LogP contribution in [0.4, 0.5) is 0 Å². The number of nitrogens with zero attached hydrogens (tertiary/aromatic N) is 2. The number of rotatable bonds is 9. The van der Waals surface area contributed by atoms with Gasteiger partial charge in [0.1, 0.15) is 11.6 Å². The fraction of sp³-hybridized carbons (Fsp3) is 0.333. The normalized spacial score (nSPS) is 10.7. The molecule has 1 atom stereocenters. The summed E-state index contributed by atoms with van der Waals surface area (Å²) in [7, 11) is 0. The fourth-order valence-electron chi connectivity index (χ4n) is 3.59. The van der Waals surface area contributed by atoms with Crippen LogP contribution in [0, 0.1) is 30.6 Å². The van der Waals surface area contributed by atoms with E-state index in [-0.39, 0.29) is 7.43 Å². The SMILES string of the molecule is C.C#C.C=C.CCC(C)NCc1nc2ccc(C#Cc3ccc(-c4cnc(CNCC(C)C)[nH]4)cc3)cc2[nH]1. The number of terminal acetylenes is 1. The van der Waals surface area contributed by atoms with E-state index in [1.165, 1.54) is 0 Å². The minimum Gasteiger partial charge on any atom is -0.341 e. The highest BCUT2D eigenvalue weighted by Crippen LogP contribution is 2.18. The van der Waals surface area contributed by atoms with Gasteiger partial charge in [0, 0.05) is 17.2 Å². The molecule has 4 N–H and O–H groups in total. The molecule has 0 saturated carbocycles. The van der Waals surface area contributed by atoms with E-state index in [0.29, 0.717) is 12.0 Å². The lowest BCUT2D eigenvalue weighted by molar-refractivity contribution is 0.525. The summed E-state index contributed by atoms with van der Waals surface area (Å²) in [5.74, 6) is 9.07. The molecule has 0 bridgehead atoms. The Kier molecular flexibility index (Phi) is 14.7. The van der Waals surface area contributed by atoms with Gasteiger partial charge in [-0.2, -0.15) is 0 Å². The van der Waals surface area contributed by atoms with Crippen LogP contribution in [0.25, 0.3) is 22.3 Å². The second-order valence-corrected chi connectivity index (χ2v) is 9.20. The largest absolute Gasteiger partial charge is 0.341 e. The predicted molar refractivity (Wildman–Crippen MR) is 167 cm³/mol. The molecule has 2 aromatic heterocycles. The number of hydrogen-bond donors (Lipinski definition) is 4. The molecule has 0 aliphatic heterocycles. The molecule has 0 fully saturated rings. The number of imidazole rings is 2. The zero-order valence-electron chi connectivity index (χ0n) is 23.1. The fourth-order valence-corrected chi connectivity index (χ4v) is 3.59. The Morgan fingerprint density at radius 3 is 2.26 bits per heavy atom. The summed E-state index contributed by atoms with van der Waals surface area (Å²) in [6, 6.07) is 14.8. The molecule has 39 heavy (non-hydrogen) atoms. The van der Waals surface area contributed by atoms with Gasteiger partial charge >= 0.3 is 0 Å². The quantitative estimate of drug-likeness (QED) is 0.146. The zero-order chi connectivity index (χ0) is 27.9. The smallest absolute Gasteiger partial charge is 0.121 e. The lowest BCUT2D eigenvalue weighted by atomic mass is 10.1. The van der Waals surface area contributed by atoms with Crippen LogP contribution >= 0.6 is 0 Å². The van der Waals surface area contributed by atoms with Crippen LogP contribution < -0.4 is 10.6 Å².